The number of alkyl halides is 2. The summed E-state index contributed by atoms with van der Waals surface area (Å²) in [5.41, 5.74) is 0. The van der Waals surface area contributed by atoms with Crippen LogP contribution in [0.25, 0.3) is 0 Å². The molecule has 0 aromatic rings. The monoisotopic (exact) mass is 180 g/mol. The van der Waals surface area contributed by atoms with Gasteiger partial charge in [0, 0.05) is 17.1 Å². The summed E-state index contributed by atoms with van der Waals surface area (Å²) in [6.07, 6.45) is 5.03. The molecule has 0 aromatic carbocycles. The number of hydrogen-bond acceptors (Lipinski definition) is 0. The third kappa shape index (κ3) is 2.96. The van der Waals surface area contributed by atoms with Crippen LogP contribution in [0.15, 0.2) is 0 Å². The second-order valence-electron chi connectivity index (χ2n) is 1.17. The predicted octanol–water partition coefficient (Wildman–Crippen LogP) is 1.87. The maximum absolute atomic E-state index is 5.40. The van der Waals surface area contributed by atoms with Crippen molar-refractivity contribution in [1.29, 1.82) is 0 Å². The van der Waals surface area contributed by atoms with Crippen molar-refractivity contribution in [3.05, 3.63) is 0 Å². The van der Waals surface area contributed by atoms with Gasteiger partial charge in [0.1, 0.15) is 0 Å². The molecule has 7 heavy (non-hydrogen) atoms. The molecule has 0 aromatic heterocycles. The molecule has 0 bridgehead atoms. The van der Waals surface area contributed by atoms with Crippen LogP contribution >= 0.6 is 27.5 Å². The second kappa shape index (κ2) is 4.49. The Balaban J connectivity index is 3.23. The molecule has 0 saturated heterocycles. The molecule has 0 radical (unpaired) electrons. The van der Waals surface area contributed by atoms with Crippen LogP contribution in [0.5, 0.6) is 0 Å². The Labute approximate surface area is 57.4 Å². The molecule has 0 spiro atoms. The maximum atomic E-state index is 5.40. The lowest BCUT2D eigenvalue weighted by atomic mass is 10.2. The first-order valence-electron chi connectivity index (χ1n) is 1.93. The van der Waals surface area contributed by atoms with Gasteiger partial charge in [-0.2, -0.15) is 0 Å². The second-order valence-corrected chi connectivity index (χ2v) is 2.13. The minimum Gasteiger partial charge on any atom is -0.125 e. The minimum atomic E-state index is 0.196. The fourth-order valence-corrected chi connectivity index (χ4v) is 1.01. The predicted molar refractivity (Wildman–Crippen MR) is 36.8 cm³/mol. The molecule has 0 amide bonds. The van der Waals surface area contributed by atoms with E-state index in [0.29, 0.717) is 5.88 Å². The highest BCUT2D eigenvalue weighted by atomic mass is 79.9. The lowest BCUT2D eigenvalue weighted by Crippen LogP contribution is -1.97. The van der Waals surface area contributed by atoms with Crippen LogP contribution in [0.3, 0.4) is 0 Å². The van der Waals surface area contributed by atoms with Gasteiger partial charge in [-0.1, -0.05) is 15.9 Å². The van der Waals surface area contributed by atoms with E-state index in [1.807, 2.05) is 0 Å². The number of terminal acetylenes is 1. The van der Waals surface area contributed by atoms with Crippen molar-refractivity contribution in [2.24, 2.45) is 5.92 Å². The van der Waals surface area contributed by atoms with E-state index in [1.165, 1.54) is 0 Å². The average Bonchev–Trinajstić information content (AvgIpc) is 1.72. The molecule has 2 heteroatoms. The van der Waals surface area contributed by atoms with Crippen LogP contribution in [0.1, 0.15) is 0 Å². The van der Waals surface area contributed by atoms with Gasteiger partial charge < -0.3 is 0 Å². The molecule has 0 saturated carbocycles. The molecule has 1 atom stereocenters. The Morgan fingerprint density at radius 1 is 1.86 bits per heavy atom. The molecule has 1 unspecified atom stereocenters. The van der Waals surface area contributed by atoms with Gasteiger partial charge >= 0.3 is 0 Å². The van der Waals surface area contributed by atoms with Gasteiger partial charge in [0.2, 0.25) is 0 Å². The molecule has 0 aliphatic carbocycles. The zero-order valence-electron chi connectivity index (χ0n) is 3.82. The van der Waals surface area contributed by atoms with Gasteiger partial charge in [0.25, 0.3) is 0 Å². The van der Waals surface area contributed by atoms with E-state index in [1.54, 1.807) is 0 Å². The summed E-state index contributed by atoms with van der Waals surface area (Å²) in [5, 5.41) is 0.799. The lowest BCUT2D eigenvalue weighted by molar-refractivity contribution is 0.901. The lowest BCUT2D eigenvalue weighted by Gasteiger charge is -1.95. The van der Waals surface area contributed by atoms with Crippen molar-refractivity contribution < 1.29 is 0 Å². The molecule has 40 valence electrons. The first-order chi connectivity index (χ1) is 3.35. The van der Waals surface area contributed by atoms with E-state index in [4.69, 9.17) is 18.0 Å². The standard InChI is InChI=1S/C5H6BrCl/c1-2-5(3-6)4-7/h1,5H,3-4H2. The summed E-state index contributed by atoms with van der Waals surface area (Å²) in [6, 6.07) is 0. The van der Waals surface area contributed by atoms with E-state index in [-0.39, 0.29) is 5.92 Å². The van der Waals surface area contributed by atoms with Crippen LogP contribution in [-0.2, 0) is 0 Å². The number of halogens is 2. The van der Waals surface area contributed by atoms with Crippen LogP contribution < -0.4 is 0 Å². The van der Waals surface area contributed by atoms with Crippen LogP contribution in [-0.4, -0.2) is 11.2 Å². The highest BCUT2D eigenvalue weighted by molar-refractivity contribution is 9.09. The van der Waals surface area contributed by atoms with Gasteiger partial charge in [-0.3, -0.25) is 0 Å². The van der Waals surface area contributed by atoms with Crippen molar-refractivity contribution >= 4 is 27.5 Å². The van der Waals surface area contributed by atoms with Crippen molar-refractivity contribution in [3.63, 3.8) is 0 Å². The Morgan fingerprint density at radius 2 is 2.43 bits per heavy atom. The van der Waals surface area contributed by atoms with Gasteiger partial charge in [-0.05, 0) is 0 Å². The molecule has 0 aliphatic heterocycles. The van der Waals surface area contributed by atoms with Gasteiger partial charge in [0.05, 0.1) is 0 Å². The van der Waals surface area contributed by atoms with Crippen LogP contribution in [0.4, 0.5) is 0 Å². The molecule has 0 N–H and O–H groups in total. The quantitative estimate of drug-likeness (QED) is 0.451. The van der Waals surface area contributed by atoms with Crippen LogP contribution in [0.2, 0.25) is 0 Å². The van der Waals surface area contributed by atoms with E-state index in [0.717, 1.165) is 5.33 Å². The highest BCUT2D eigenvalue weighted by Gasteiger charge is 1.96. The fraction of sp³-hybridized carbons (Fsp3) is 0.600. The van der Waals surface area contributed by atoms with E-state index >= 15 is 0 Å². The van der Waals surface area contributed by atoms with Gasteiger partial charge in [-0.25, -0.2) is 0 Å². The molecular weight excluding hydrogens is 175 g/mol. The van der Waals surface area contributed by atoms with E-state index in [9.17, 15) is 0 Å². The zero-order chi connectivity index (χ0) is 5.70. The first kappa shape index (κ1) is 7.33. The van der Waals surface area contributed by atoms with Crippen molar-refractivity contribution in [3.8, 4) is 12.3 Å². The summed E-state index contributed by atoms with van der Waals surface area (Å²) in [4.78, 5) is 0. The highest BCUT2D eigenvalue weighted by Crippen LogP contribution is 2.00. The smallest absolute Gasteiger partial charge is 0.0432 e. The van der Waals surface area contributed by atoms with Gasteiger partial charge in [0.15, 0.2) is 0 Å². The number of rotatable bonds is 2. The SMILES string of the molecule is C#CC(CCl)CBr. The normalized spacial score (nSPS) is 12.7. The molecule has 0 nitrogen and oxygen atoms in total. The van der Waals surface area contributed by atoms with Gasteiger partial charge in [-0.15, -0.1) is 23.9 Å². The Morgan fingerprint density at radius 3 is 2.43 bits per heavy atom. The maximum Gasteiger partial charge on any atom is 0.0432 e. The van der Waals surface area contributed by atoms with Crippen LogP contribution in [0, 0.1) is 18.3 Å². The molecular formula is C5H6BrCl. The molecule has 0 rings (SSSR count). The summed E-state index contributed by atoms with van der Waals surface area (Å²) < 4.78 is 0. The Hall–Kier alpha value is 0.330. The summed E-state index contributed by atoms with van der Waals surface area (Å²) in [6.45, 7) is 0. The summed E-state index contributed by atoms with van der Waals surface area (Å²) >= 11 is 8.60. The largest absolute Gasteiger partial charge is 0.125 e. The van der Waals surface area contributed by atoms with Crippen molar-refractivity contribution in [2.75, 3.05) is 11.2 Å². The minimum absolute atomic E-state index is 0.196. The first-order valence-corrected chi connectivity index (χ1v) is 3.58. The third-order valence-electron chi connectivity index (χ3n) is 0.608. The average molecular weight is 181 g/mol. The molecule has 0 fully saturated rings. The Bertz CT molecular complexity index is 70.6. The topological polar surface area (TPSA) is 0 Å². The third-order valence-corrected chi connectivity index (χ3v) is 1.76. The molecule has 0 heterocycles. The fourth-order valence-electron chi connectivity index (χ4n) is 0.130. The summed E-state index contributed by atoms with van der Waals surface area (Å²) in [5.74, 6) is 3.26. The summed E-state index contributed by atoms with van der Waals surface area (Å²) in [7, 11) is 0. The van der Waals surface area contributed by atoms with E-state index < -0.39 is 0 Å². The Kier molecular flexibility index (Phi) is 4.70. The molecule has 0 aliphatic rings. The van der Waals surface area contributed by atoms with E-state index in [2.05, 4.69) is 21.9 Å². The number of hydrogen-bond donors (Lipinski definition) is 0. The van der Waals surface area contributed by atoms with Crippen molar-refractivity contribution in [1.82, 2.24) is 0 Å². The zero-order valence-corrected chi connectivity index (χ0v) is 6.17. The van der Waals surface area contributed by atoms with Crippen molar-refractivity contribution in [2.45, 2.75) is 0 Å².